The maximum Gasteiger partial charge on any atom is 0.409 e. The summed E-state index contributed by atoms with van der Waals surface area (Å²) in [6.07, 6.45) is 4.71. The van der Waals surface area contributed by atoms with Gasteiger partial charge < -0.3 is 24.2 Å². The van der Waals surface area contributed by atoms with Crippen LogP contribution < -0.4 is 9.47 Å². The molecular formula is C19H23NO5. The van der Waals surface area contributed by atoms with Crippen LogP contribution in [0, 0.1) is 0 Å². The summed E-state index contributed by atoms with van der Waals surface area (Å²) in [5, 5.41) is 11.0. The molecule has 6 heteroatoms. The topological polar surface area (TPSA) is 68.2 Å². The van der Waals surface area contributed by atoms with Crippen LogP contribution in [0.5, 0.6) is 11.5 Å². The first-order valence-electron chi connectivity index (χ1n) is 8.66. The van der Waals surface area contributed by atoms with E-state index in [4.69, 9.17) is 14.2 Å². The van der Waals surface area contributed by atoms with Crippen LogP contribution in [-0.4, -0.2) is 55.6 Å². The summed E-state index contributed by atoms with van der Waals surface area (Å²) >= 11 is 0. The fourth-order valence-electron chi connectivity index (χ4n) is 4.54. The summed E-state index contributed by atoms with van der Waals surface area (Å²) in [5.74, 6) is 1.45. The highest BCUT2D eigenvalue weighted by Gasteiger charge is 2.56. The van der Waals surface area contributed by atoms with Gasteiger partial charge in [-0.05, 0) is 24.5 Å². The molecule has 0 unspecified atom stereocenters. The van der Waals surface area contributed by atoms with Crippen molar-refractivity contribution in [2.75, 3.05) is 27.3 Å². The fourth-order valence-corrected chi connectivity index (χ4v) is 4.54. The Morgan fingerprint density at radius 2 is 2.20 bits per heavy atom. The van der Waals surface area contributed by atoms with Crippen LogP contribution in [0.25, 0.3) is 0 Å². The third kappa shape index (κ3) is 2.24. The Balaban J connectivity index is 1.86. The number of aliphatic hydroxyl groups excluding tert-OH is 1. The summed E-state index contributed by atoms with van der Waals surface area (Å²) < 4.78 is 16.7. The molecule has 0 aromatic heterocycles. The monoisotopic (exact) mass is 345 g/mol. The number of rotatable bonds is 1. The Hall–Kier alpha value is -2.21. The molecule has 4 rings (SSSR count). The van der Waals surface area contributed by atoms with E-state index in [9.17, 15) is 9.90 Å². The van der Waals surface area contributed by atoms with Crippen LogP contribution in [0.15, 0.2) is 24.3 Å². The van der Waals surface area contributed by atoms with Gasteiger partial charge in [-0.3, -0.25) is 0 Å². The lowest BCUT2D eigenvalue weighted by molar-refractivity contribution is 0.0249. The van der Waals surface area contributed by atoms with E-state index in [0.29, 0.717) is 31.7 Å². The molecule has 1 N–H and O–H groups in total. The van der Waals surface area contributed by atoms with Crippen molar-refractivity contribution in [2.45, 2.75) is 36.9 Å². The number of ether oxygens (including phenoxy) is 3. The van der Waals surface area contributed by atoms with E-state index in [-0.39, 0.29) is 12.2 Å². The highest BCUT2D eigenvalue weighted by atomic mass is 16.5. The predicted molar refractivity (Wildman–Crippen MR) is 91.2 cm³/mol. The first-order chi connectivity index (χ1) is 12.1. The van der Waals surface area contributed by atoms with Crippen LogP contribution in [-0.2, 0) is 16.6 Å². The zero-order valence-electron chi connectivity index (χ0n) is 14.5. The maximum atomic E-state index is 12.1. The van der Waals surface area contributed by atoms with Gasteiger partial charge in [0, 0.05) is 25.1 Å². The summed E-state index contributed by atoms with van der Waals surface area (Å²) in [5.41, 5.74) is 1.60. The van der Waals surface area contributed by atoms with E-state index < -0.39 is 11.5 Å². The number of benzene rings is 1. The molecule has 1 amide bonds. The SMILES string of the molecule is COC(=O)N1CCc2ccc(OC)c3c2[C@]2(CC1)[C@H](O)C=CC[C@@H]2O3. The fraction of sp³-hybridized carbons (Fsp3) is 0.526. The average Bonchev–Trinajstić information content (AvgIpc) is 2.95. The van der Waals surface area contributed by atoms with E-state index in [0.717, 1.165) is 23.3 Å². The molecule has 0 saturated heterocycles. The second-order valence-corrected chi connectivity index (χ2v) is 6.84. The van der Waals surface area contributed by atoms with Crippen LogP contribution >= 0.6 is 0 Å². The van der Waals surface area contributed by atoms with Crippen molar-refractivity contribution in [3.63, 3.8) is 0 Å². The minimum Gasteiger partial charge on any atom is -0.493 e. The van der Waals surface area contributed by atoms with Crippen molar-refractivity contribution in [1.29, 1.82) is 0 Å². The summed E-state index contributed by atoms with van der Waals surface area (Å²) in [4.78, 5) is 13.8. The lowest BCUT2D eigenvalue weighted by Crippen LogP contribution is -2.52. The number of carbonyl (C=O) groups excluding carboxylic acids is 1. The minimum atomic E-state index is -0.657. The largest absolute Gasteiger partial charge is 0.493 e. The number of aliphatic hydroxyl groups is 1. The Morgan fingerprint density at radius 3 is 2.96 bits per heavy atom. The molecule has 0 bridgehead atoms. The number of methoxy groups -OCH3 is 2. The van der Waals surface area contributed by atoms with Crippen LogP contribution in [0.1, 0.15) is 24.0 Å². The van der Waals surface area contributed by atoms with Crippen molar-refractivity contribution in [1.82, 2.24) is 4.90 Å². The van der Waals surface area contributed by atoms with Crippen molar-refractivity contribution in [3.8, 4) is 11.5 Å². The number of hydrogen-bond acceptors (Lipinski definition) is 5. The third-order valence-electron chi connectivity index (χ3n) is 5.80. The van der Waals surface area contributed by atoms with Gasteiger partial charge in [0.25, 0.3) is 0 Å². The predicted octanol–water partition coefficient (Wildman–Crippen LogP) is 2.03. The third-order valence-corrected chi connectivity index (χ3v) is 5.80. The lowest BCUT2D eigenvalue weighted by Gasteiger charge is -2.42. The average molecular weight is 345 g/mol. The molecule has 3 atom stereocenters. The molecule has 0 fully saturated rings. The molecule has 1 spiro atoms. The van der Waals surface area contributed by atoms with Gasteiger partial charge in [0.2, 0.25) is 0 Å². The number of nitrogens with zero attached hydrogens (tertiary/aromatic N) is 1. The van der Waals surface area contributed by atoms with Crippen molar-refractivity contribution < 1.29 is 24.1 Å². The Labute approximate surface area is 147 Å². The quantitative estimate of drug-likeness (QED) is 0.789. The number of amides is 1. The normalized spacial score (nSPS) is 29.8. The molecule has 1 aromatic carbocycles. The minimum absolute atomic E-state index is 0.157. The number of hydrogen-bond donors (Lipinski definition) is 1. The van der Waals surface area contributed by atoms with Crippen LogP contribution in [0.3, 0.4) is 0 Å². The molecule has 25 heavy (non-hydrogen) atoms. The second kappa shape index (κ2) is 5.95. The standard InChI is InChI=1S/C19H23NO5/c1-23-13-7-6-12-8-10-20(18(22)24-2)11-9-19-14(21)4-3-5-15(19)25-17(13)16(12)19/h3-4,6-7,14-15,21H,5,8-11H2,1-2H3/t14-,15+,19-/m1/s1. The Morgan fingerprint density at radius 1 is 1.36 bits per heavy atom. The van der Waals surface area contributed by atoms with Gasteiger partial charge in [-0.15, -0.1) is 0 Å². The summed E-state index contributed by atoms with van der Waals surface area (Å²) in [6.45, 7) is 1.10. The van der Waals surface area contributed by atoms with E-state index in [2.05, 4.69) is 0 Å². The van der Waals surface area contributed by atoms with Gasteiger partial charge in [-0.2, -0.15) is 0 Å². The van der Waals surface area contributed by atoms with E-state index in [1.807, 2.05) is 24.3 Å². The van der Waals surface area contributed by atoms with Gasteiger partial charge >= 0.3 is 6.09 Å². The molecule has 134 valence electrons. The van der Waals surface area contributed by atoms with Gasteiger partial charge in [0.1, 0.15) is 6.10 Å². The smallest absolute Gasteiger partial charge is 0.409 e. The van der Waals surface area contributed by atoms with E-state index in [1.54, 1.807) is 12.0 Å². The number of carbonyl (C=O) groups is 1. The zero-order valence-corrected chi connectivity index (χ0v) is 14.5. The Bertz CT molecular complexity index is 731. The molecule has 0 saturated carbocycles. The molecule has 1 aromatic rings. The van der Waals surface area contributed by atoms with Crippen molar-refractivity contribution >= 4 is 6.09 Å². The molecule has 6 nitrogen and oxygen atoms in total. The first kappa shape index (κ1) is 16.3. The summed E-state index contributed by atoms with van der Waals surface area (Å²) in [7, 11) is 3.03. The van der Waals surface area contributed by atoms with Crippen LogP contribution in [0.4, 0.5) is 4.79 Å². The van der Waals surface area contributed by atoms with Gasteiger partial charge in [0.15, 0.2) is 11.5 Å². The Kier molecular flexibility index (Phi) is 3.87. The van der Waals surface area contributed by atoms with Crippen molar-refractivity contribution in [3.05, 3.63) is 35.4 Å². The molecule has 2 aliphatic heterocycles. The molecule has 0 radical (unpaired) electrons. The summed E-state index contributed by atoms with van der Waals surface area (Å²) in [6, 6.07) is 3.93. The molecule has 3 aliphatic rings. The maximum absolute atomic E-state index is 12.1. The molecule has 1 aliphatic carbocycles. The highest BCUT2D eigenvalue weighted by molar-refractivity contribution is 5.68. The molecule has 2 heterocycles. The molecular weight excluding hydrogens is 322 g/mol. The van der Waals surface area contributed by atoms with Gasteiger partial charge in [-0.25, -0.2) is 4.79 Å². The van der Waals surface area contributed by atoms with Crippen molar-refractivity contribution in [2.24, 2.45) is 0 Å². The van der Waals surface area contributed by atoms with E-state index >= 15 is 0 Å². The highest BCUT2D eigenvalue weighted by Crippen LogP contribution is 2.55. The zero-order chi connectivity index (χ0) is 17.6. The van der Waals surface area contributed by atoms with Crippen LogP contribution in [0.2, 0.25) is 0 Å². The first-order valence-corrected chi connectivity index (χ1v) is 8.66. The lowest BCUT2D eigenvalue weighted by atomic mass is 9.65. The van der Waals surface area contributed by atoms with Gasteiger partial charge in [-0.1, -0.05) is 18.2 Å². The second-order valence-electron chi connectivity index (χ2n) is 6.84. The van der Waals surface area contributed by atoms with E-state index in [1.165, 1.54) is 7.11 Å². The van der Waals surface area contributed by atoms with Gasteiger partial charge in [0.05, 0.1) is 25.7 Å².